The van der Waals surface area contributed by atoms with E-state index >= 15 is 0 Å². The Morgan fingerprint density at radius 1 is 1.35 bits per heavy atom. The summed E-state index contributed by atoms with van der Waals surface area (Å²) < 4.78 is 0. The number of hydrogen-bond acceptors (Lipinski definition) is 3. The number of piperidine rings is 1. The van der Waals surface area contributed by atoms with Crippen LogP contribution in [0, 0.1) is 5.92 Å². The number of carbonyl (C=O) groups excluding carboxylic acids is 1. The molecule has 2 saturated heterocycles. The first-order chi connectivity index (χ1) is 8.16. The van der Waals surface area contributed by atoms with E-state index in [2.05, 4.69) is 24.2 Å². The van der Waals surface area contributed by atoms with E-state index in [9.17, 15) is 4.79 Å². The molecule has 4 nitrogen and oxygen atoms in total. The van der Waals surface area contributed by atoms with Crippen LogP contribution in [-0.4, -0.2) is 61.5 Å². The SMILES string of the molecule is CC1CCN(C(=O)CN(C)C2CCNC2)CC1. The molecule has 0 bridgehead atoms. The third-order valence-corrected chi connectivity index (χ3v) is 4.18. The van der Waals surface area contributed by atoms with E-state index in [0.717, 1.165) is 32.1 Å². The molecule has 0 aromatic rings. The molecule has 0 aliphatic carbocycles. The van der Waals surface area contributed by atoms with Gasteiger partial charge >= 0.3 is 0 Å². The molecule has 0 saturated carbocycles. The van der Waals surface area contributed by atoms with Crippen LogP contribution < -0.4 is 5.32 Å². The van der Waals surface area contributed by atoms with E-state index in [1.807, 2.05) is 4.90 Å². The minimum absolute atomic E-state index is 0.311. The first-order valence-electron chi connectivity index (χ1n) is 6.85. The highest BCUT2D eigenvalue weighted by Crippen LogP contribution is 2.16. The van der Waals surface area contributed by atoms with E-state index in [0.29, 0.717) is 18.5 Å². The van der Waals surface area contributed by atoms with Crippen molar-refractivity contribution in [2.45, 2.75) is 32.2 Å². The van der Waals surface area contributed by atoms with Crippen molar-refractivity contribution < 1.29 is 4.79 Å². The summed E-state index contributed by atoms with van der Waals surface area (Å²) >= 11 is 0. The van der Waals surface area contributed by atoms with Crippen molar-refractivity contribution >= 4 is 5.91 Å². The van der Waals surface area contributed by atoms with Gasteiger partial charge in [-0.1, -0.05) is 6.92 Å². The van der Waals surface area contributed by atoms with Gasteiger partial charge in [-0.2, -0.15) is 0 Å². The lowest BCUT2D eigenvalue weighted by atomic mass is 9.99. The summed E-state index contributed by atoms with van der Waals surface area (Å²) in [6.45, 7) is 6.89. The average molecular weight is 239 g/mol. The highest BCUT2D eigenvalue weighted by Gasteiger charge is 2.25. The predicted octanol–water partition coefficient (Wildman–Crippen LogP) is 0.539. The van der Waals surface area contributed by atoms with Gasteiger partial charge in [0, 0.05) is 25.7 Å². The van der Waals surface area contributed by atoms with Crippen LogP contribution >= 0.6 is 0 Å². The van der Waals surface area contributed by atoms with Crippen LogP contribution in [0.3, 0.4) is 0 Å². The zero-order valence-corrected chi connectivity index (χ0v) is 11.1. The first kappa shape index (κ1) is 12.8. The maximum Gasteiger partial charge on any atom is 0.236 e. The Morgan fingerprint density at radius 2 is 2.06 bits per heavy atom. The van der Waals surface area contributed by atoms with Gasteiger partial charge < -0.3 is 10.2 Å². The summed E-state index contributed by atoms with van der Waals surface area (Å²) in [5, 5.41) is 3.35. The maximum absolute atomic E-state index is 12.1. The van der Waals surface area contributed by atoms with Gasteiger partial charge in [0.1, 0.15) is 0 Å². The van der Waals surface area contributed by atoms with Gasteiger partial charge in [-0.25, -0.2) is 0 Å². The summed E-state index contributed by atoms with van der Waals surface area (Å²) in [5.41, 5.74) is 0. The fraction of sp³-hybridized carbons (Fsp3) is 0.923. The number of rotatable bonds is 3. The zero-order valence-electron chi connectivity index (χ0n) is 11.1. The molecule has 98 valence electrons. The average Bonchev–Trinajstić information content (AvgIpc) is 2.83. The van der Waals surface area contributed by atoms with Crippen molar-refractivity contribution in [2.75, 3.05) is 39.8 Å². The van der Waals surface area contributed by atoms with Gasteiger partial charge in [-0.15, -0.1) is 0 Å². The Balaban J connectivity index is 1.76. The lowest BCUT2D eigenvalue weighted by molar-refractivity contribution is -0.133. The molecular weight excluding hydrogens is 214 g/mol. The molecule has 0 spiro atoms. The van der Waals surface area contributed by atoms with Crippen LogP contribution in [-0.2, 0) is 4.79 Å². The van der Waals surface area contributed by atoms with E-state index in [1.54, 1.807) is 0 Å². The molecule has 2 aliphatic rings. The Kier molecular flexibility index (Phi) is 4.40. The number of amides is 1. The van der Waals surface area contributed by atoms with Gasteiger partial charge in [-0.3, -0.25) is 9.69 Å². The van der Waals surface area contributed by atoms with Gasteiger partial charge in [0.25, 0.3) is 0 Å². The molecular formula is C13H25N3O. The van der Waals surface area contributed by atoms with Crippen molar-refractivity contribution in [1.82, 2.24) is 15.1 Å². The molecule has 1 unspecified atom stereocenters. The van der Waals surface area contributed by atoms with Crippen LogP contribution in [0.25, 0.3) is 0 Å². The quantitative estimate of drug-likeness (QED) is 0.781. The summed E-state index contributed by atoms with van der Waals surface area (Å²) in [7, 11) is 2.07. The molecule has 2 heterocycles. The minimum atomic E-state index is 0.311. The monoisotopic (exact) mass is 239 g/mol. The Labute approximate surface area is 104 Å². The summed E-state index contributed by atoms with van der Waals surface area (Å²) in [6, 6.07) is 0.544. The fourth-order valence-electron chi connectivity index (χ4n) is 2.72. The third kappa shape index (κ3) is 3.42. The molecule has 1 atom stereocenters. The molecule has 1 N–H and O–H groups in total. The van der Waals surface area contributed by atoms with Gasteiger partial charge in [-0.05, 0) is 38.8 Å². The fourth-order valence-corrected chi connectivity index (χ4v) is 2.72. The summed E-state index contributed by atoms with van der Waals surface area (Å²) in [4.78, 5) is 16.4. The molecule has 0 aromatic heterocycles. The molecule has 2 fully saturated rings. The van der Waals surface area contributed by atoms with Crippen molar-refractivity contribution in [3.8, 4) is 0 Å². The molecule has 0 radical (unpaired) electrons. The normalized spacial score (nSPS) is 26.8. The largest absolute Gasteiger partial charge is 0.342 e. The van der Waals surface area contributed by atoms with E-state index < -0.39 is 0 Å². The number of likely N-dealkylation sites (N-methyl/N-ethyl adjacent to an activating group) is 1. The number of likely N-dealkylation sites (tertiary alicyclic amines) is 1. The van der Waals surface area contributed by atoms with Crippen LogP contribution in [0.15, 0.2) is 0 Å². The molecule has 17 heavy (non-hydrogen) atoms. The standard InChI is InChI=1S/C13H25N3O/c1-11-4-7-16(8-5-11)13(17)10-15(2)12-3-6-14-9-12/h11-12,14H,3-10H2,1-2H3. The summed E-state index contributed by atoms with van der Waals surface area (Å²) in [6.07, 6.45) is 3.50. The number of nitrogens with one attached hydrogen (secondary N) is 1. The van der Waals surface area contributed by atoms with E-state index in [1.165, 1.54) is 19.3 Å². The Hall–Kier alpha value is -0.610. The van der Waals surface area contributed by atoms with E-state index in [4.69, 9.17) is 0 Å². The molecule has 2 aliphatic heterocycles. The van der Waals surface area contributed by atoms with Crippen molar-refractivity contribution in [1.29, 1.82) is 0 Å². The van der Waals surface area contributed by atoms with Crippen LogP contribution in [0.1, 0.15) is 26.2 Å². The maximum atomic E-state index is 12.1. The number of nitrogens with zero attached hydrogens (tertiary/aromatic N) is 2. The van der Waals surface area contributed by atoms with Gasteiger partial charge in [0.2, 0.25) is 5.91 Å². The summed E-state index contributed by atoms with van der Waals surface area (Å²) in [5.74, 6) is 1.10. The topological polar surface area (TPSA) is 35.6 Å². The third-order valence-electron chi connectivity index (χ3n) is 4.18. The second-order valence-corrected chi connectivity index (χ2v) is 5.63. The van der Waals surface area contributed by atoms with Gasteiger partial charge in [0.05, 0.1) is 6.54 Å². The smallest absolute Gasteiger partial charge is 0.236 e. The predicted molar refractivity (Wildman–Crippen MR) is 68.9 cm³/mol. The van der Waals surface area contributed by atoms with E-state index in [-0.39, 0.29) is 0 Å². The Bertz CT molecular complexity index is 255. The van der Waals surface area contributed by atoms with Crippen molar-refractivity contribution in [3.63, 3.8) is 0 Å². The lowest BCUT2D eigenvalue weighted by Gasteiger charge is -2.32. The lowest BCUT2D eigenvalue weighted by Crippen LogP contribution is -2.45. The molecule has 1 amide bonds. The second-order valence-electron chi connectivity index (χ2n) is 5.63. The van der Waals surface area contributed by atoms with Crippen LogP contribution in [0.4, 0.5) is 0 Å². The Morgan fingerprint density at radius 3 is 2.65 bits per heavy atom. The van der Waals surface area contributed by atoms with Gasteiger partial charge in [0.15, 0.2) is 0 Å². The zero-order chi connectivity index (χ0) is 12.3. The molecule has 4 heteroatoms. The minimum Gasteiger partial charge on any atom is -0.342 e. The number of hydrogen-bond donors (Lipinski definition) is 1. The number of carbonyl (C=O) groups is 1. The second kappa shape index (κ2) is 5.83. The highest BCUT2D eigenvalue weighted by molar-refractivity contribution is 5.78. The first-order valence-corrected chi connectivity index (χ1v) is 6.85. The van der Waals surface area contributed by atoms with Crippen LogP contribution in [0.5, 0.6) is 0 Å². The highest BCUT2D eigenvalue weighted by atomic mass is 16.2. The van der Waals surface area contributed by atoms with Crippen molar-refractivity contribution in [2.24, 2.45) is 5.92 Å². The molecule has 2 rings (SSSR count). The van der Waals surface area contributed by atoms with Crippen molar-refractivity contribution in [3.05, 3.63) is 0 Å². The molecule has 0 aromatic carbocycles. The van der Waals surface area contributed by atoms with Crippen LogP contribution in [0.2, 0.25) is 0 Å².